The predicted octanol–water partition coefficient (Wildman–Crippen LogP) is 5.98. The summed E-state index contributed by atoms with van der Waals surface area (Å²) in [4.78, 5) is 17.7. The molecule has 59 heavy (non-hydrogen) atoms. The molecule has 2 saturated heterocycles. The minimum atomic E-state index is -0.366. The van der Waals surface area contributed by atoms with Crippen LogP contribution < -0.4 is 9.80 Å². The Labute approximate surface area is 345 Å². The van der Waals surface area contributed by atoms with Crippen LogP contribution in [0.3, 0.4) is 0 Å². The van der Waals surface area contributed by atoms with Gasteiger partial charge in [0.25, 0.3) is 5.91 Å². The quantitative estimate of drug-likeness (QED) is 0.177. The highest BCUT2D eigenvalue weighted by atomic mass is 16.7. The molecule has 2 aliphatic heterocycles. The lowest BCUT2D eigenvalue weighted by Crippen LogP contribution is -2.39. The van der Waals surface area contributed by atoms with Crippen molar-refractivity contribution < 1.29 is 23.7 Å². The molecule has 4 aliphatic carbocycles. The van der Waals surface area contributed by atoms with Gasteiger partial charge in [-0.2, -0.15) is 0 Å². The van der Waals surface area contributed by atoms with Crippen LogP contribution in [-0.4, -0.2) is 88.0 Å². The third kappa shape index (κ3) is 8.66. The van der Waals surface area contributed by atoms with Gasteiger partial charge in [0.2, 0.25) is 0 Å². The van der Waals surface area contributed by atoms with E-state index in [1.54, 1.807) is 15.6 Å². The van der Waals surface area contributed by atoms with E-state index in [0.29, 0.717) is 55.7 Å². The number of carbonyl (C=O) groups excluding carboxylic acids is 1. The Hall–Kier alpha value is -5.05. The van der Waals surface area contributed by atoms with E-state index in [0.717, 1.165) is 72.8 Å². The van der Waals surface area contributed by atoms with E-state index in [1.807, 2.05) is 35.2 Å². The molecule has 0 radical (unpaired) electrons. The van der Waals surface area contributed by atoms with Crippen LogP contribution >= 0.6 is 0 Å². The maximum absolute atomic E-state index is 13.8. The summed E-state index contributed by atoms with van der Waals surface area (Å²) in [5.41, 5.74) is 5.54. The number of benzene rings is 2. The number of nitrogens with zero attached hydrogens (tertiary/aromatic N) is 8. The molecule has 13 heteroatoms. The maximum atomic E-state index is 13.8. The number of amides is 1. The largest absolute Gasteiger partial charge is 0.350 e. The number of rotatable bonds is 10. The number of anilines is 3. The van der Waals surface area contributed by atoms with Gasteiger partial charge in [-0.1, -0.05) is 48.0 Å². The van der Waals surface area contributed by atoms with Gasteiger partial charge in [-0.25, -0.2) is 9.36 Å². The van der Waals surface area contributed by atoms with Crippen LogP contribution in [0.4, 0.5) is 17.2 Å². The number of hydrogen-bond acceptors (Lipinski definition) is 10. The molecule has 1 spiro atoms. The zero-order chi connectivity index (χ0) is 40.3. The van der Waals surface area contributed by atoms with Crippen LogP contribution in [0.1, 0.15) is 79.6 Å². The molecular weight excluding hydrogens is 745 g/mol. The first-order chi connectivity index (χ1) is 28.6. The van der Waals surface area contributed by atoms with Gasteiger partial charge in [-0.3, -0.25) is 4.79 Å². The molecule has 4 heterocycles. The van der Waals surface area contributed by atoms with Crippen molar-refractivity contribution in [2.75, 3.05) is 43.3 Å². The molecule has 4 aromatic rings. The number of hydrogen-bond donors (Lipinski definition) is 0. The second-order valence-corrected chi connectivity index (χ2v) is 18.5. The standard InChI is InChI=1S/C46H52N8O5/c1-30-19-32(9-16-40(30)54(36-14-15-36)44(55)39-22-52(49-47-39)24-43-58-28-46(17-18-46)29-59-43)6-11-34-21-38(34)37-20-33(37)10-5-31-7-12-35(13-8-31)51(4)41-23-53(50-48-41)25-42-56-26-45(2,3)27-57-42/h7-9,12-13,16,19,22-23,33-34,36-38,42-43H,14-15,17-18,20-21,24-29H2,1-4H3. The van der Waals surface area contributed by atoms with E-state index in [4.69, 9.17) is 18.9 Å². The van der Waals surface area contributed by atoms with Crippen LogP contribution in [0.2, 0.25) is 0 Å². The Balaban J connectivity index is 0.699. The molecule has 4 atom stereocenters. The summed E-state index contributed by atoms with van der Waals surface area (Å²) in [6.45, 7) is 10.0. The highest BCUT2D eigenvalue weighted by molar-refractivity contribution is 6.05. The molecular formula is C46H52N8O5. The van der Waals surface area contributed by atoms with Gasteiger partial charge in [-0.15, -0.1) is 10.2 Å². The minimum absolute atomic E-state index is 0.0334. The zero-order valence-corrected chi connectivity index (χ0v) is 34.3. The fraction of sp³-hybridized carbons (Fsp3) is 0.543. The van der Waals surface area contributed by atoms with E-state index in [1.165, 1.54) is 12.8 Å². The number of aromatic nitrogens is 6. The van der Waals surface area contributed by atoms with Crippen LogP contribution in [0.5, 0.6) is 0 Å². The second-order valence-electron chi connectivity index (χ2n) is 18.5. The normalized spacial score (nSPS) is 26.3. The van der Waals surface area contributed by atoms with Crippen LogP contribution in [-0.2, 0) is 32.0 Å². The lowest BCUT2D eigenvalue weighted by molar-refractivity contribution is -0.227. The van der Waals surface area contributed by atoms with E-state index >= 15 is 0 Å². The number of ether oxygens (including phenoxy) is 4. The Kier molecular flexibility index (Phi) is 9.84. The summed E-state index contributed by atoms with van der Waals surface area (Å²) in [7, 11) is 1.99. The lowest BCUT2D eigenvalue weighted by atomic mass is 9.96. The third-order valence-corrected chi connectivity index (χ3v) is 12.6. The van der Waals surface area contributed by atoms with Gasteiger partial charge in [0, 0.05) is 58.3 Å². The first-order valence-corrected chi connectivity index (χ1v) is 21.1. The van der Waals surface area contributed by atoms with Crippen molar-refractivity contribution in [2.24, 2.45) is 34.5 Å². The topological polar surface area (TPSA) is 122 Å². The number of aryl methyl sites for hydroxylation is 1. The van der Waals surface area contributed by atoms with Gasteiger partial charge in [-0.05, 0) is 105 Å². The molecule has 1 amide bonds. The summed E-state index contributed by atoms with van der Waals surface area (Å²) >= 11 is 0. The van der Waals surface area contributed by atoms with Gasteiger partial charge in [0.05, 0.1) is 51.9 Å². The fourth-order valence-corrected chi connectivity index (χ4v) is 8.25. The minimum Gasteiger partial charge on any atom is -0.350 e. The summed E-state index contributed by atoms with van der Waals surface area (Å²) in [5.74, 6) is 16.7. The molecule has 4 saturated carbocycles. The van der Waals surface area contributed by atoms with E-state index < -0.39 is 0 Å². The lowest BCUT2D eigenvalue weighted by Gasteiger charge is -2.34. The van der Waals surface area contributed by atoms with E-state index in [2.05, 4.69) is 95.4 Å². The predicted molar refractivity (Wildman–Crippen MR) is 219 cm³/mol. The fourth-order valence-electron chi connectivity index (χ4n) is 8.25. The van der Waals surface area contributed by atoms with Gasteiger partial charge in [0.15, 0.2) is 24.1 Å². The molecule has 0 bridgehead atoms. The molecule has 0 N–H and O–H groups in total. The van der Waals surface area contributed by atoms with Crippen molar-refractivity contribution in [3.8, 4) is 23.7 Å². The molecule has 6 aliphatic rings. The highest BCUT2D eigenvalue weighted by Crippen LogP contribution is 2.57. The van der Waals surface area contributed by atoms with Crippen molar-refractivity contribution in [1.29, 1.82) is 0 Å². The molecule has 306 valence electrons. The van der Waals surface area contributed by atoms with E-state index in [-0.39, 0.29) is 35.4 Å². The maximum Gasteiger partial charge on any atom is 0.280 e. The summed E-state index contributed by atoms with van der Waals surface area (Å²) in [6, 6.07) is 14.6. The first kappa shape index (κ1) is 38.2. The van der Waals surface area contributed by atoms with E-state index in [9.17, 15) is 4.79 Å². The highest BCUT2D eigenvalue weighted by Gasteiger charge is 2.52. The third-order valence-electron chi connectivity index (χ3n) is 12.6. The first-order valence-electron chi connectivity index (χ1n) is 21.1. The SMILES string of the molecule is Cc1cc(C#CC2CC2C2CC2C#Cc2ccc(N(C)c3cn(CC4OCC(C)(C)CO4)nn3)cc2)ccc1N(C(=O)c1cn(CC2OCC3(CC3)CO2)nn1)C1CC1. The Morgan fingerprint density at radius 2 is 1.39 bits per heavy atom. The Bertz CT molecular complexity index is 2320. The van der Waals surface area contributed by atoms with Crippen molar-refractivity contribution in [3.05, 3.63) is 77.2 Å². The van der Waals surface area contributed by atoms with Crippen LogP contribution in [0, 0.1) is 65.1 Å². The van der Waals surface area contributed by atoms with Crippen LogP contribution in [0.25, 0.3) is 0 Å². The van der Waals surface area contributed by atoms with Gasteiger partial charge >= 0.3 is 0 Å². The monoisotopic (exact) mass is 796 g/mol. The van der Waals surface area contributed by atoms with Gasteiger partial charge < -0.3 is 28.7 Å². The summed E-state index contributed by atoms with van der Waals surface area (Å²) in [6.07, 6.45) is 9.53. The van der Waals surface area contributed by atoms with Crippen molar-refractivity contribution in [1.82, 2.24) is 30.0 Å². The van der Waals surface area contributed by atoms with Crippen molar-refractivity contribution in [2.45, 2.75) is 91.0 Å². The molecule has 2 aromatic carbocycles. The molecule has 6 fully saturated rings. The van der Waals surface area contributed by atoms with Crippen LogP contribution in [0.15, 0.2) is 54.9 Å². The summed E-state index contributed by atoms with van der Waals surface area (Å²) < 4.78 is 27.0. The smallest absolute Gasteiger partial charge is 0.280 e. The molecule has 13 nitrogen and oxygen atoms in total. The van der Waals surface area contributed by atoms with Crippen molar-refractivity contribution in [3.63, 3.8) is 0 Å². The second kappa shape index (κ2) is 15.2. The Morgan fingerprint density at radius 3 is 2.02 bits per heavy atom. The average molecular weight is 797 g/mol. The molecule has 10 rings (SSSR count). The number of carbonyl (C=O) groups is 1. The van der Waals surface area contributed by atoms with Gasteiger partial charge in [0.1, 0.15) is 0 Å². The van der Waals surface area contributed by atoms with Crippen molar-refractivity contribution >= 4 is 23.1 Å². The molecule has 4 unspecified atom stereocenters. The summed E-state index contributed by atoms with van der Waals surface area (Å²) in [5, 5.41) is 17.1. The Morgan fingerprint density at radius 1 is 0.797 bits per heavy atom. The molecule has 2 aromatic heterocycles. The average Bonchev–Trinajstić information content (AvgIpc) is 4.11. The zero-order valence-electron chi connectivity index (χ0n) is 34.3.